The van der Waals surface area contributed by atoms with Crippen LogP contribution in [-0.4, -0.2) is 127 Å². The molecule has 48 heavy (non-hydrogen) atoms. The second kappa shape index (κ2) is 16.2. The summed E-state index contributed by atoms with van der Waals surface area (Å²) in [5.41, 5.74) is 3.13. The molecule has 3 aliphatic heterocycles. The molecule has 3 rings (SSSR count). The number of hydrogen-bond acceptors (Lipinski definition) is 12. The van der Waals surface area contributed by atoms with E-state index in [-0.39, 0.29) is 30.8 Å². The van der Waals surface area contributed by atoms with Crippen molar-refractivity contribution in [2.75, 3.05) is 34.3 Å². The highest BCUT2D eigenvalue weighted by Crippen LogP contribution is 2.43. The summed E-state index contributed by atoms with van der Waals surface area (Å²) in [6.45, 7) is 14.7. The minimum atomic E-state index is -1.36. The topological polar surface area (TPSA) is 167 Å². The molecule has 0 aromatic heterocycles. The Balaban J connectivity index is 2.12. The number of aliphatic hydroxyl groups excluding tert-OH is 1. The normalized spacial score (nSPS) is 42.0. The van der Waals surface area contributed by atoms with E-state index < -0.39 is 83.4 Å². The van der Waals surface area contributed by atoms with E-state index in [0.717, 1.165) is 0 Å². The number of ether oxygens (including phenoxy) is 5. The van der Waals surface area contributed by atoms with E-state index in [1.54, 1.807) is 39.5 Å². The number of Topliss-reactive ketones (excluding diaryl/α,β-unsaturated/α-hetero) is 2. The first kappa shape index (κ1) is 40.3. The average Bonchev–Trinajstić information content (AvgIpc) is 3.30. The maximum Gasteiger partial charge on any atom is 0.410 e. The number of amides is 1. The number of cyclic esters (lactones) is 1. The number of unbranched alkanes of at least 4 members (excludes halogenated alkanes) is 1. The molecule has 0 aromatic rings. The lowest BCUT2D eigenvalue weighted by molar-refractivity contribution is -0.295. The zero-order valence-electron chi connectivity index (χ0n) is 30.9. The van der Waals surface area contributed by atoms with Gasteiger partial charge in [-0.25, -0.2) is 4.79 Å². The summed E-state index contributed by atoms with van der Waals surface area (Å²) in [6.07, 6.45) is -2.63. The molecular formula is C35H61N3O10. The van der Waals surface area contributed by atoms with Crippen molar-refractivity contribution in [1.82, 2.24) is 9.80 Å². The van der Waals surface area contributed by atoms with Gasteiger partial charge in [0.1, 0.15) is 23.9 Å². The molecule has 3 saturated heterocycles. The maximum absolute atomic E-state index is 14.4. The van der Waals surface area contributed by atoms with Gasteiger partial charge in [0.05, 0.1) is 23.9 Å². The molecule has 13 nitrogen and oxygen atoms in total. The monoisotopic (exact) mass is 683 g/mol. The molecule has 3 N–H and O–H groups in total. The fourth-order valence-electron chi connectivity index (χ4n) is 8.14. The predicted molar refractivity (Wildman–Crippen MR) is 178 cm³/mol. The molecule has 0 radical (unpaired) electrons. The van der Waals surface area contributed by atoms with Gasteiger partial charge in [-0.15, -0.1) is 0 Å². The summed E-state index contributed by atoms with van der Waals surface area (Å²) in [5.74, 6) is -4.83. The second-order valence-corrected chi connectivity index (χ2v) is 14.9. The van der Waals surface area contributed by atoms with Gasteiger partial charge in [-0.2, -0.15) is 0 Å². The van der Waals surface area contributed by atoms with Crippen LogP contribution in [0.1, 0.15) is 87.5 Å². The van der Waals surface area contributed by atoms with Crippen LogP contribution in [0.3, 0.4) is 0 Å². The van der Waals surface area contributed by atoms with Crippen molar-refractivity contribution in [2.45, 2.75) is 141 Å². The van der Waals surface area contributed by atoms with Crippen LogP contribution in [0, 0.1) is 23.7 Å². The van der Waals surface area contributed by atoms with Crippen LogP contribution >= 0.6 is 0 Å². The van der Waals surface area contributed by atoms with Crippen LogP contribution in [0.4, 0.5) is 4.79 Å². The zero-order chi connectivity index (χ0) is 36.3. The van der Waals surface area contributed by atoms with E-state index in [0.29, 0.717) is 32.4 Å². The standard InChI is InChI=1S/C35H61N3O10/c1-12-25-35(8)29(38(33(43)48-35)16-14-13-15-36)21(4)26(39)19(2)18-34(7,44-11)30(22(5)27(40)23(6)31(42)46-25)47-32-28(41)24(37(9)10)17-20(3)45-32/h19-25,28-30,32,41H,12-18,36H2,1-11H3/t19-,20-,21+,22+,23-,24?,25-,28?,29-,30-,32+,34-,35-/m1/s1. The smallest absolute Gasteiger partial charge is 0.410 e. The Morgan fingerprint density at radius 3 is 2.23 bits per heavy atom. The number of carbonyl (C=O) groups excluding carboxylic acids is 4. The quantitative estimate of drug-likeness (QED) is 0.208. The van der Waals surface area contributed by atoms with Crippen LogP contribution < -0.4 is 5.73 Å². The molecule has 0 bridgehead atoms. The highest BCUT2D eigenvalue weighted by Gasteiger charge is 2.60. The van der Waals surface area contributed by atoms with Gasteiger partial charge in [-0.3, -0.25) is 14.4 Å². The minimum absolute atomic E-state index is 0.142. The van der Waals surface area contributed by atoms with E-state index in [4.69, 9.17) is 29.4 Å². The fraction of sp³-hybridized carbons (Fsp3) is 0.886. The van der Waals surface area contributed by atoms with Crippen molar-refractivity contribution in [3.8, 4) is 0 Å². The number of carbonyl (C=O) groups is 4. The van der Waals surface area contributed by atoms with Gasteiger partial charge in [0.2, 0.25) is 0 Å². The number of nitrogens with two attached hydrogens (primary N) is 1. The van der Waals surface area contributed by atoms with E-state index in [1.807, 2.05) is 32.8 Å². The van der Waals surface area contributed by atoms with Crippen LogP contribution in [0.15, 0.2) is 0 Å². The van der Waals surface area contributed by atoms with Crippen LogP contribution in [0.5, 0.6) is 0 Å². The number of likely N-dealkylation sites (N-methyl/N-ethyl adjacent to an activating group) is 1. The first-order chi connectivity index (χ1) is 22.4. The first-order valence-corrected chi connectivity index (χ1v) is 17.6. The van der Waals surface area contributed by atoms with E-state index >= 15 is 0 Å². The molecule has 13 atom stereocenters. The third-order valence-electron chi connectivity index (χ3n) is 11.0. The van der Waals surface area contributed by atoms with Crippen molar-refractivity contribution >= 4 is 23.6 Å². The molecule has 0 aromatic carbocycles. The number of fused-ring (bicyclic) bond motifs is 1. The Kier molecular flexibility index (Phi) is 13.6. The lowest BCUT2D eigenvalue weighted by atomic mass is 9.73. The van der Waals surface area contributed by atoms with E-state index in [2.05, 4.69) is 0 Å². The average molecular weight is 684 g/mol. The SMILES string of the molecule is CC[C@H]1OC(=O)[C@H](C)C(=O)[C@H](C)[C@@H](O[C@@H]2O[C@H](C)CC(N(C)C)C2O)[C@](C)(OC)C[C@@H](C)C(=O)[C@H](C)[C@H]2N(CCCCN)C(=O)O[C@]12C. The summed E-state index contributed by atoms with van der Waals surface area (Å²) < 4.78 is 30.8. The fourth-order valence-corrected chi connectivity index (χ4v) is 8.14. The van der Waals surface area contributed by atoms with Gasteiger partial charge >= 0.3 is 12.1 Å². The molecule has 3 aliphatic rings. The predicted octanol–water partition coefficient (Wildman–Crippen LogP) is 2.93. The largest absolute Gasteiger partial charge is 0.458 e. The van der Waals surface area contributed by atoms with Gasteiger partial charge in [0, 0.05) is 37.5 Å². The summed E-state index contributed by atoms with van der Waals surface area (Å²) >= 11 is 0. The van der Waals surface area contributed by atoms with Crippen molar-refractivity contribution in [3.05, 3.63) is 0 Å². The number of rotatable bonds is 9. The number of aliphatic hydroxyl groups is 1. The summed E-state index contributed by atoms with van der Waals surface area (Å²) in [7, 11) is 5.23. The van der Waals surface area contributed by atoms with E-state index in [9.17, 15) is 24.3 Å². The summed E-state index contributed by atoms with van der Waals surface area (Å²) in [5, 5.41) is 11.3. The molecule has 13 heteroatoms. The van der Waals surface area contributed by atoms with Crippen LogP contribution in [0.2, 0.25) is 0 Å². The van der Waals surface area contributed by atoms with Gasteiger partial charge in [0.25, 0.3) is 0 Å². The van der Waals surface area contributed by atoms with Crippen molar-refractivity contribution in [1.29, 1.82) is 0 Å². The van der Waals surface area contributed by atoms with E-state index in [1.165, 1.54) is 14.0 Å². The van der Waals surface area contributed by atoms with Gasteiger partial charge < -0.3 is 44.3 Å². The number of nitrogens with zero attached hydrogens (tertiary/aromatic N) is 2. The molecule has 2 unspecified atom stereocenters. The van der Waals surface area contributed by atoms with Crippen molar-refractivity contribution in [2.24, 2.45) is 29.4 Å². The molecule has 276 valence electrons. The second-order valence-electron chi connectivity index (χ2n) is 14.9. The van der Waals surface area contributed by atoms with Gasteiger partial charge in [-0.05, 0) is 80.4 Å². The molecule has 0 spiro atoms. The Bertz CT molecular complexity index is 1150. The molecular weight excluding hydrogens is 622 g/mol. The van der Waals surface area contributed by atoms with Crippen LogP contribution in [-0.2, 0) is 38.1 Å². The Labute approximate surface area is 286 Å². The molecule has 1 amide bonds. The number of esters is 1. The van der Waals surface area contributed by atoms with Crippen LogP contribution in [0.25, 0.3) is 0 Å². The number of hydrogen-bond donors (Lipinski definition) is 2. The molecule has 3 fully saturated rings. The number of ketones is 2. The summed E-state index contributed by atoms with van der Waals surface area (Å²) in [4.78, 5) is 59.1. The number of methoxy groups -OCH3 is 1. The van der Waals surface area contributed by atoms with Gasteiger partial charge in [-0.1, -0.05) is 27.7 Å². The zero-order valence-corrected chi connectivity index (χ0v) is 30.9. The third-order valence-corrected chi connectivity index (χ3v) is 11.0. The molecule has 3 heterocycles. The molecule has 0 aliphatic carbocycles. The van der Waals surface area contributed by atoms with Crippen molar-refractivity contribution < 1.29 is 48.0 Å². The Morgan fingerprint density at radius 1 is 1.02 bits per heavy atom. The maximum atomic E-state index is 14.4. The Morgan fingerprint density at radius 2 is 1.67 bits per heavy atom. The highest BCUT2D eigenvalue weighted by molar-refractivity contribution is 6.00. The lowest BCUT2D eigenvalue weighted by Crippen LogP contribution is -2.60. The van der Waals surface area contributed by atoms with Crippen molar-refractivity contribution in [3.63, 3.8) is 0 Å². The lowest BCUT2D eigenvalue weighted by Gasteiger charge is -2.47. The highest BCUT2D eigenvalue weighted by atomic mass is 16.7. The first-order valence-electron chi connectivity index (χ1n) is 17.6. The summed E-state index contributed by atoms with van der Waals surface area (Å²) in [6, 6.07) is -1.02. The molecule has 0 saturated carbocycles. The minimum Gasteiger partial charge on any atom is -0.458 e. The third kappa shape index (κ3) is 8.07. The van der Waals surface area contributed by atoms with Gasteiger partial charge in [0.15, 0.2) is 17.7 Å². The Hall–Kier alpha value is -2.16.